The highest BCUT2D eigenvalue weighted by Crippen LogP contribution is 2.51. The zero-order chi connectivity index (χ0) is 19.2. The summed E-state index contributed by atoms with van der Waals surface area (Å²) in [6.07, 6.45) is 3.76. The van der Waals surface area contributed by atoms with Crippen LogP contribution in [0.4, 0.5) is 5.69 Å². The van der Waals surface area contributed by atoms with Crippen molar-refractivity contribution in [2.75, 3.05) is 26.4 Å². The maximum absolute atomic E-state index is 12.7. The molecule has 1 aliphatic carbocycles. The highest BCUT2D eigenvalue weighted by Gasteiger charge is 2.43. The normalized spacial score (nSPS) is 17.5. The molecule has 0 radical (unpaired) electrons. The van der Waals surface area contributed by atoms with E-state index in [1.807, 2.05) is 11.0 Å². The first kappa shape index (κ1) is 18.3. The lowest BCUT2D eigenvalue weighted by molar-refractivity contribution is 0.0767. The number of fused-ring (bicyclic) bond motifs is 1. The van der Waals surface area contributed by atoms with Crippen LogP contribution in [0.15, 0.2) is 36.4 Å². The molecule has 1 saturated carbocycles. The fourth-order valence-electron chi connectivity index (χ4n) is 4.09. The van der Waals surface area contributed by atoms with Crippen molar-refractivity contribution in [3.63, 3.8) is 0 Å². The Labute approximate surface area is 165 Å². The quantitative estimate of drug-likeness (QED) is 0.765. The van der Waals surface area contributed by atoms with Crippen LogP contribution in [0.3, 0.4) is 0 Å². The van der Waals surface area contributed by atoms with E-state index >= 15 is 0 Å². The average molecular weight is 384 g/mol. The van der Waals surface area contributed by atoms with Gasteiger partial charge in [0.05, 0.1) is 5.56 Å². The van der Waals surface area contributed by atoms with Gasteiger partial charge < -0.3 is 15.5 Å². The van der Waals surface area contributed by atoms with Gasteiger partial charge in [-0.1, -0.05) is 35.9 Å². The second kappa shape index (κ2) is 6.84. The van der Waals surface area contributed by atoms with E-state index in [1.165, 1.54) is 24.8 Å². The second-order valence-electron chi connectivity index (χ2n) is 8.22. The summed E-state index contributed by atoms with van der Waals surface area (Å²) in [5.74, 6) is -0.00658. The molecule has 27 heavy (non-hydrogen) atoms. The van der Waals surface area contributed by atoms with Crippen molar-refractivity contribution in [3.8, 4) is 0 Å². The van der Waals surface area contributed by atoms with Crippen LogP contribution in [-0.4, -0.2) is 36.3 Å². The fraction of sp³-hybridized carbons (Fsp3) is 0.409. The SMILES string of the molecule is CN(C)CCC1(c2ccc(CN3Cc4cc(Cl)cc(N)c4C3=O)cc2)CC1. The summed E-state index contributed by atoms with van der Waals surface area (Å²) < 4.78 is 0. The third-order valence-corrected chi connectivity index (χ3v) is 6.13. The number of hydrogen-bond donors (Lipinski definition) is 1. The van der Waals surface area contributed by atoms with Crippen LogP contribution in [0, 0.1) is 0 Å². The largest absolute Gasteiger partial charge is 0.398 e. The van der Waals surface area contributed by atoms with Crippen LogP contribution in [-0.2, 0) is 18.5 Å². The molecule has 0 saturated heterocycles. The van der Waals surface area contributed by atoms with Gasteiger partial charge in [-0.3, -0.25) is 4.79 Å². The first-order chi connectivity index (χ1) is 12.9. The van der Waals surface area contributed by atoms with Crippen LogP contribution in [0.2, 0.25) is 5.02 Å². The maximum atomic E-state index is 12.7. The lowest BCUT2D eigenvalue weighted by Gasteiger charge is -2.20. The molecule has 1 amide bonds. The molecule has 142 valence electrons. The number of amides is 1. The number of carbonyl (C=O) groups is 1. The summed E-state index contributed by atoms with van der Waals surface area (Å²) in [4.78, 5) is 16.8. The topological polar surface area (TPSA) is 49.6 Å². The number of rotatable bonds is 6. The zero-order valence-corrected chi connectivity index (χ0v) is 16.7. The standard InChI is InChI=1S/C22H26ClN3O/c1-25(2)10-9-22(7-8-22)17-5-3-15(4-6-17)13-26-14-16-11-18(23)12-19(24)20(16)21(26)27/h3-6,11-12H,7-10,13-14,24H2,1-2H3. The summed E-state index contributed by atoms with van der Waals surface area (Å²) in [6, 6.07) is 12.3. The number of carbonyl (C=O) groups excluding carboxylic acids is 1. The minimum atomic E-state index is -0.00658. The minimum absolute atomic E-state index is 0.00658. The van der Waals surface area contributed by atoms with E-state index in [9.17, 15) is 4.79 Å². The summed E-state index contributed by atoms with van der Waals surface area (Å²) in [5, 5.41) is 0.581. The van der Waals surface area contributed by atoms with Gasteiger partial charge in [0.25, 0.3) is 5.91 Å². The maximum Gasteiger partial charge on any atom is 0.256 e. The molecule has 1 aliphatic heterocycles. The molecule has 2 aromatic rings. The van der Waals surface area contributed by atoms with Crippen LogP contribution in [0.1, 0.15) is 46.3 Å². The van der Waals surface area contributed by atoms with Crippen LogP contribution >= 0.6 is 11.6 Å². The molecule has 0 atom stereocenters. The zero-order valence-electron chi connectivity index (χ0n) is 16.0. The molecule has 4 nitrogen and oxygen atoms in total. The fourth-order valence-corrected chi connectivity index (χ4v) is 4.34. The number of benzene rings is 2. The average Bonchev–Trinajstić information content (AvgIpc) is 3.34. The number of nitrogens with zero attached hydrogens (tertiary/aromatic N) is 2. The molecule has 0 aromatic heterocycles. The van der Waals surface area contributed by atoms with Gasteiger partial charge in [0.2, 0.25) is 0 Å². The molecule has 0 bridgehead atoms. The summed E-state index contributed by atoms with van der Waals surface area (Å²) >= 11 is 6.08. The van der Waals surface area contributed by atoms with E-state index in [2.05, 4.69) is 43.3 Å². The van der Waals surface area contributed by atoms with Crippen molar-refractivity contribution in [1.29, 1.82) is 0 Å². The Kier molecular flexibility index (Phi) is 4.65. The Bertz CT molecular complexity index is 872. The molecule has 0 unspecified atom stereocenters. The third kappa shape index (κ3) is 3.56. The predicted molar refractivity (Wildman–Crippen MR) is 110 cm³/mol. The highest BCUT2D eigenvalue weighted by molar-refractivity contribution is 6.31. The number of nitrogens with two attached hydrogens (primary N) is 1. The van der Waals surface area contributed by atoms with Crippen molar-refractivity contribution in [1.82, 2.24) is 9.80 Å². The molecular weight excluding hydrogens is 358 g/mol. The lowest BCUT2D eigenvalue weighted by Crippen LogP contribution is -2.23. The van der Waals surface area contributed by atoms with Crippen molar-refractivity contribution >= 4 is 23.2 Å². The second-order valence-corrected chi connectivity index (χ2v) is 8.66. The van der Waals surface area contributed by atoms with Crippen molar-refractivity contribution < 1.29 is 4.79 Å². The van der Waals surface area contributed by atoms with Crippen LogP contribution < -0.4 is 5.73 Å². The predicted octanol–water partition coefficient (Wildman–Crippen LogP) is 4.06. The number of halogens is 1. The molecule has 2 aliphatic rings. The van der Waals surface area contributed by atoms with Gasteiger partial charge in [-0.2, -0.15) is 0 Å². The monoisotopic (exact) mass is 383 g/mol. The Morgan fingerprint density at radius 2 is 1.89 bits per heavy atom. The molecule has 5 heteroatoms. The Morgan fingerprint density at radius 3 is 2.52 bits per heavy atom. The minimum Gasteiger partial charge on any atom is -0.398 e. The van der Waals surface area contributed by atoms with E-state index in [1.54, 1.807) is 6.07 Å². The van der Waals surface area contributed by atoms with Crippen molar-refractivity contribution in [2.45, 2.75) is 37.8 Å². The Hall–Kier alpha value is -2.04. The van der Waals surface area contributed by atoms with Gasteiger partial charge in [-0.15, -0.1) is 0 Å². The van der Waals surface area contributed by atoms with E-state index < -0.39 is 0 Å². The summed E-state index contributed by atoms with van der Waals surface area (Å²) in [6.45, 7) is 2.27. The lowest BCUT2D eigenvalue weighted by atomic mass is 9.91. The van der Waals surface area contributed by atoms with E-state index in [4.69, 9.17) is 17.3 Å². The number of nitrogen functional groups attached to an aromatic ring is 1. The molecule has 0 spiro atoms. The first-order valence-electron chi connectivity index (χ1n) is 9.49. The molecular formula is C22H26ClN3O. The van der Waals surface area contributed by atoms with Gasteiger partial charge >= 0.3 is 0 Å². The van der Waals surface area contributed by atoms with Crippen LogP contribution in [0.5, 0.6) is 0 Å². The van der Waals surface area contributed by atoms with Gasteiger partial charge in [0, 0.05) is 23.8 Å². The summed E-state index contributed by atoms with van der Waals surface area (Å²) in [7, 11) is 4.26. The Balaban J connectivity index is 1.46. The summed E-state index contributed by atoms with van der Waals surface area (Å²) in [5.41, 5.74) is 10.9. The van der Waals surface area contributed by atoms with Gasteiger partial charge in [0.15, 0.2) is 0 Å². The van der Waals surface area contributed by atoms with Gasteiger partial charge in [-0.25, -0.2) is 0 Å². The van der Waals surface area contributed by atoms with Gasteiger partial charge in [-0.05, 0) is 74.1 Å². The first-order valence-corrected chi connectivity index (χ1v) is 9.87. The molecule has 2 aromatic carbocycles. The van der Waals surface area contributed by atoms with E-state index in [-0.39, 0.29) is 5.91 Å². The van der Waals surface area contributed by atoms with Gasteiger partial charge in [0.1, 0.15) is 0 Å². The van der Waals surface area contributed by atoms with E-state index in [0.717, 1.165) is 17.7 Å². The van der Waals surface area contributed by atoms with Crippen molar-refractivity contribution in [3.05, 3.63) is 63.7 Å². The highest BCUT2D eigenvalue weighted by atomic mass is 35.5. The third-order valence-electron chi connectivity index (χ3n) is 5.91. The van der Waals surface area contributed by atoms with Crippen molar-refractivity contribution in [2.24, 2.45) is 0 Å². The molecule has 1 fully saturated rings. The Morgan fingerprint density at radius 1 is 1.19 bits per heavy atom. The number of anilines is 1. The number of hydrogen-bond acceptors (Lipinski definition) is 3. The molecule has 4 rings (SSSR count). The van der Waals surface area contributed by atoms with Crippen LogP contribution in [0.25, 0.3) is 0 Å². The van der Waals surface area contributed by atoms with E-state index in [0.29, 0.717) is 34.8 Å². The molecule has 2 N–H and O–H groups in total. The smallest absolute Gasteiger partial charge is 0.256 e. The molecule has 1 heterocycles.